The summed E-state index contributed by atoms with van der Waals surface area (Å²) in [6.45, 7) is 3.48. The Balaban J connectivity index is 1.26. The van der Waals surface area contributed by atoms with E-state index in [0.29, 0.717) is 96.4 Å². The normalized spacial score (nSPS) is 18.2. The molecule has 250 valence electrons. The van der Waals surface area contributed by atoms with Gasteiger partial charge < -0.3 is 19.7 Å². The van der Waals surface area contributed by atoms with Crippen LogP contribution in [-0.4, -0.2) is 82.3 Å². The number of likely N-dealkylation sites (tertiary alicyclic amines) is 2. The van der Waals surface area contributed by atoms with Crippen LogP contribution in [0.2, 0.25) is 10.0 Å². The lowest BCUT2D eigenvalue weighted by Crippen LogP contribution is -2.23. The van der Waals surface area contributed by atoms with Crippen LogP contribution in [0.4, 0.5) is 0 Å². The smallest absolute Gasteiger partial charge is 0.307 e. The molecule has 0 amide bonds. The van der Waals surface area contributed by atoms with E-state index < -0.39 is 11.9 Å². The van der Waals surface area contributed by atoms with Crippen LogP contribution >= 0.6 is 23.2 Å². The average molecular weight is 692 g/mol. The van der Waals surface area contributed by atoms with Gasteiger partial charge in [-0.25, -0.2) is 9.97 Å². The van der Waals surface area contributed by atoms with Crippen molar-refractivity contribution in [2.45, 2.75) is 25.9 Å². The highest BCUT2D eigenvalue weighted by atomic mass is 35.5. The van der Waals surface area contributed by atoms with Crippen molar-refractivity contribution in [3.05, 3.63) is 81.8 Å². The van der Waals surface area contributed by atoms with Crippen LogP contribution in [-0.2, 0) is 22.7 Å². The van der Waals surface area contributed by atoms with Gasteiger partial charge in [-0.1, -0.05) is 71.7 Å². The van der Waals surface area contributed by atoms with Gasteiger partial charge >= 0.3 is 11.9 Å². The molecule has 4 aromatic rings. The number of aromatic nitrogens is 2. The predicted octanol–water partition coefficient (Wildman–Crippen LogP) is 6.61. The maximum absolute atomic E-state index is 11.4. The third kappa shape index (κ3) is 6.98. The summed E-state index contributed by atoms with van der Waals surface area (Å²) in [6.07, 6.45) is 1.25. The summed E-state index contributed by atoms with van der Waals surface area (Å²) in [5, 5.41) is 19.7. The minimum Gasteiger partial charge on any atom is -0.481 e. The van der Waals surface area contributed by atoms with E-state index in [2.05, 4.69) is 9.80 Å². The zero-order valence-corrected chi connectivity index (χ0v) is 28.2. The molecule has 2 aliphatic rings. The van der Waals surface area contributed by atoms with Gasteiger partial charge in [0.2, 0.25) is 11.8 Å². The third-order valence-electron chi connectivity index (χ3n) is 9.14. The third-order valence-corrected chi connectivity index (χ3v) is 9.95. The van der Waals surface area contributed by atoms with Crippen LogP contribution in [0.3, 0.4) is 0 Å². The average Bonchev–Trinajstić information content (AvgIpc) is 3.76. The molecule has 2 fully saturated rings. The number of ether oxygens (including phenoxy) is 2. The standard InChI is InChI=1S/C36H36Cl2N4O6/c1-47-33-21(17-41-15-13-23(19-41)35(43)44)9-11-29(39-33)27-7-3-5-25(31(27)37)26-6-4-8-28(32(26)38)30-12-10-22(34(40-30)48-2)18-42-16-14-24(20-42)36(45)46/h3-12,23-24H,13-20H2,1-2H3,(H,43,44)(H,45,46)/t23-,24-/m1/s1. The maximum Gasteiger partial charge on any atom is 0.307 e. The molecule has 6 rings (SSSR count). The zero-order valence-electron chi connectivity index (χ0n) is 26.7. The molecule has 2 N–H and O–H groups in total. The van der Waals surface area contributed by atoms with Gasteiger partial charge in [-0.15, -0.1) is 0 Å². The van der Waals surface area contributed by atoms with Gasteiger partial charge in [-0.2, -0.15) is 0 Å². The molecule has 2 aromatic heterocycles. The molecule has 0 aliphatic carbocycles. The molecule has 4 heterocycles. The fourth-order valence-corrected chi connectivity index (χ4v) is 7.20. The Morgan fingerprint density at radius 1 is 0.688 bits per heavy atom. The molecule has 0 unspecified atom stereocenters. The SMILES string of the molecule is COc1nc(-c2cccc(-c3cccc(-c4ccc(CN5CC[C@@H](C(=O)O)C5)c(OC)n4)c3Cl)c2Cl)ccc1CN1CC[C@@H](C(=O)O)C1. The Bertz CT molecular complexity index is 1720. The van der Waals surface area contributed by atoms with Crippen molar-refractivity contribution in [1.29, 1.82) is 0 Å². The number of benzene rings is 2. The quantitative estimate of drug-likeness (QED) is 0.177. The van der Waals surface area contributed by atoms with E-state index in [-0.39, 0.29) is 11.8 Å². The molecular weight excluding hydrogens is 655 g/mol. The van der Waals surface area contributed by atoms with Crippen LogP contribution in [0, 0.1) is 11.8 Å². The first kappa shape index (κ1) is 33.7. The summed E-state index contributed by atoms with van der Waals surface area (Å²) in [5.74, 6) is -1.33. The number of aliphatic carboxylic acids is 2. The number of hydrogen-bond acceptors (Lipinski definition) is 8. The van der Waals surface area contributed by atoms with Crippen molar-refractivity contribution in [2.75, 3.05) is 40.4 Å². The van der Waals surface area contributed by atoms with Crippen molar-refractivity contribution in [3.63, 3.8) is 0 Å². The van der Waals surface area contributed by atoms with Crippen molar-refractivity contribution in [1.82, 2.24) is 19.8 Å². The van der Waals surface area contributed by atoms with Crippen LogP contribution < -0.4 is 9.47 Å². The van der Waals surface area contributed by atoms with Gasteiger partial charge in [0.1, 0.15) is 0 Å². The van der Waals surface area contributed by atoms with Crippen LogP contribution in [0.5, 0.6) is 11.8 Å². The number of nitrogens with zero attached hydrogens (tertiary/aromatic N) is 4. The molecule has 12 heteroatoms. The van der Waals surface area contributed by atoms with Gasteiger partial charge in [-0.05, 0) is 38.1 Å². The molecule has 2 aliphatic heterocycles. The van der Waals surface area contributed by atoms with Gasteiger partial charge in [-0.3, -0.25) is 19.4 Å². The molecule has 0 saturated carbocycles. The van der Waals surface area contributed by atoms with Crippen molar-refractivity contribution in [3.8, 4) is 45.4 Å². The first-order chi connectivity index (χ1) is 23.2. The highest BCUT2D eigenvalue weighted by Crippen LogP contribution is 2.42. The number of hydrogen-bond donors (Lipinski definition) is 2. The molecule has 0 bridgehead atoms. The second-order valence-electron chi connectivity index (χ2n) is 12.2. The number of carbonyl (C=O) groups is 2. The number of halogens is 2. The highest BCUT2D eigenvalue weighted by Gasteiger charge is 2.30. The van der Waals surface area contributed by atoms with Gasteiger partial charge in [0.25, 0.3) is 0 Å². The molecule has 0 spiro atoms. The first-order valence-corrected chi connectivity index (χ1v) is 16.5. The van der Waals surface area contributed by atoms with Crippen molar-refractivity contribution in [2.24, 2.45) is 11.8 Å². The Labute approximate surface area is 288 Å². The van der Waals surface area contributed by atoms with Crippen LogP contribution in [0.25, 0.3) is 33.6 Å². The summed E-state index contributed by atoms with van der Waals surface area (Å²) >= 11 is 14.1. The largest absolute Gasteiger partial charge is 0.481 e. The van der Waals surface area contributed by atoms with Crippen molar-refractivity contribution >= 4 is 35.1 Å². The Hall–Kier alpha value is -4.22. The van der Waals surface area contributed by atoms with Gasteiger partial charge in [0, 0.05) is 59.6 Å². The Morgan fingerprint density at radius 2 is 1.08 bits per heavy atom. The number of carboxylic acids is 2. The van der Waals surface area contributed by atoms with E-state index in [1.54, 1.807) is 14.2 Å². The lowest BCUT2D eigenvalue weighted by molar-refractivity contribution is -0.142. The number of methoxy groups -OCH3 is 2. The fourth-order valence-electron chi connectivity index (χ4n) is 6.55. The molecule has 10 nitrogen and oxygen atoms in total. The molecule has 48 heavy (non-hydrogen) atoms. The first-order valence-electron chi connectivity index (χ1n) is 15.7. The van der Waals surface area contributed by atoms with E-state index in [9.17, 15) is 19.8 Å². The lowest BCUT2D eigenvalue weighted by Gasteiger charge is -2.18. The molecular formula is C36H36Cl2N4O6. The minimum atomic E-state index is -0.765. The van der Waals surface area contributed by atoms with Gasteiger partial charge in [0.15, 0.2) is 0 Å². The van der Waals surface area contributed by atoms with Crippen molar-refractivity contribution < 1.29 is 29.3 Å². The molecule has 0 radical (unpaired) electrons. The number of rotatable bonds is 11. The molecule has 2 aromatic carbocycles. The lowest BCUT2D eigenvalue weighted by atomic mass is 9.98. The molecule has 2 saturated heterocycles. The summed E-state index contributed by atoms with van der Waals surface area (Å²) in [7, 11) is 3.14. The zero-order chi connectivity index (χ0) is 33.9. The van der Waals surface area contributed by atoms with Crippen LogP contribution in [0.15, 0.2) is 60.7 Å². The predicted molar refractivity (Wildman–Crippen MR) is 184 cm³/mol. The minimum absolute atomic E-state index is 0.359. The van der Waals surface area contributed by atoms with Gasteiger partial charge in [0.05, 0.1) is 47.5 Å². The summed E-state index contributed by atoms with van der Waals surface area (Å²) in [5.41, 5.74) is 5.89. The fraction of sp³-hybridized carbons (Fsp3) is 0.333. The number of pyridine rings is 2. The number of carboxylic acid groups (broad SMARTS) is 2. The topological polar surface area (TPSA) is 125 Å². The van der Waals surface area contributed by atoms with Crippen LogP contribution in [0.1, 0.15) is 24.0 Å². The highest BCUT2D eigenvalue weighted by molar-refractivity contribution is 6.39. The maximum atomic E-state index is 11.4. The van der Waals surface area contributed by atoms with E-state index in [1.165, 1.54) is 0 Å². The Kier molecular flexibility index (Phi) is 10.2. The second-order valence-corrected chi connectivity index (χ2v) is 12.9. The monoisotopic (exact) mass is 690 g/mol. The Morgan fingerprint density at radius 3 is 1.44 bits per heavy atom. The summed E-state index contributed by atoms with van der Waals surface area (Å²) in [4.78, 5) is 36.6. The van der Waals surface area contributed by atoms with E-state index >= 15 is 0 Å². The summed E-state index contributed by atoms with van der Waals surface area (Å²) in [6, 6.07) is 19.1. The van der Waals surface area contributed by atoms with E-state index in [0.717, 1.165) is 22.3 Å². The van der Waals surface area contributed by atoms with E-state index in [4.69, 9.17) is 42.6 Å². The second kappa shape index (κ2) is 14.5. The van der Waals surface area contributed by atoms with E-state index in [1.807, 2.05) is 60.7 Å². The summed E-state index contributed by atoms with van der Waals surface area (Å²) < 4.78 is 11.3. The molecule has 2 atom stereocenters.